The summed E-state index contributed by atoms with van der Waals surface area (Å²) in [6.45, 7) is 11.7. The lowest BCUT2D eigenvalue weighted by Gasteiger charge is -1.90. The largest absolute Gasteiger partial charge is 0.0999 e. The summed E-state index contributed by atoms with van der Waals surface area (Å²) in [5.74, 6) is 0.384. The third-order valence-corrected chi connectivity index (χ3v) is 1.49. The second-order valence-corrected chi connectivity index (χ2v) is 3.72. The molecule has 0 aromatic carbocycles. The summed E-state index contributed by atoms with van der Waals surface area (Å²) in [6, 6.07) is 0. The van der Waals surface area contributed by atoms with Crippen LogP contribution in [0.5, 0.6) is 0 Å². The molecule has 0 aromatic heterocycles. The number of hydrogen-bond donors (Lipinski definition) is 0. The maximum Gasteiger partial charge on any atom is 0.0695 e. The summed E-state index contributed by atoms with van der Waals surface area (Å²) in [4.78, 5) is 0. The van der Waals surface area contributed by atoms with E-state index in [1.807, 2.05) is 13.8 Å². The molecule has 5 heteroatoms. The van der Waals surface area contributed by atoms with Gasteiger partial charge in [0.15, 0.2) is 0 Å². The minimum atomic E-state index is 0.384. The van der Waals surface area contributed by atoms with Gasteiger partial charge >= 0.3 is 0 Å². The van der Waals surface area contributed by atoms with Gasteiger partial charge < -0.3 is 0 Å². The zero-order valence-corrected chi connectivity index (χ0v) is 14.4. The molecule has 0 saturated heterocycles. The molecule has 104 valence electrons. The van der Waals surface area contributed by atoms with Crippen LogP contribution in [0, 0.1) is 0 Å². The number of unbranched alkanes of at least 4 members (excludes halogenated alkanes) is 1. The van der Waals surface area contributed by atoms with Gasteiger partial charge in [0.1, 0.15) is 0 Å². The molecule has 0 saturated carbocycles. The predicted molar refractivity (Wildman–Crippen MR) is 99.6 cm³/mol. The molecular formula is C14H33B5. The molecule has 19 heavy (non-hydrogen) atoms. The quantitative estimate of drug-likeness (QED) is 0.648. The average Bonchev–Trinajstić information content (AvgIpc) is 2.43. The Kier molecular flexibility index (Phi) is 85.9. The van der Waals surface area contributed by atoms with E-state index in [0.717, 1.165) is 31.8 Å². The lowest BCUT2D eigenvalue weighted by molar-refractivity contribution is 0.880. The summed E-state index contributed by atoms with van der Waals surface area (Å²) in [6.07, 6.45) is 6.98. The second-order valence-electron chi connectivity index (χ2n) is 3.72. The fourth-order valence-corrected chi connectivity index (χ4v) is 0.204. The van der Waals surface area contributed by atoms with Crippen molar-refractivity contribution in [2.75, 3.05) is 0 Å². The molecule has 0 nitrogen and oxygen atoms in total. The third-order valence-electron chi connectivity index (χ3n) is 1.49. The molecule has 0 fully saturated rings. The summed E-state index contributed by atoms with van der Waals surface area (Å²) in [5.41, 5.74) is 0. The Labute approximate surface area is 131 Å². The standard InChI is InChI=1S/2C4H9B.C3H7B.C2H5B.CH3B/c1-3-4(2)5;1-2-3-4-5;1-2-3-4;1-2-3;1-2/h4H,3H2,1-2H3;2-4H2,1H3;2-3H2,1H3;2H2,1H3;1H3. The highest BCUT2D eigenvalue weighted by Crippen LogP contribution is 1.97. The van der Waals surface area contributed by atoms with Crippen LogP contribution in [-0.2, 0) is 0 Å². The van der Waals surface area contributed by atoms with Crippen molar-refractivity contribution in [3.8, 4) is 0 Å². The maximum atomic E-state index is 5.29. The van der Waals surface area contributed by atoms with Gasteiger partial charge in [0, 0.05) is 0 Å². The Bertz CT molecular complexity index is 76.2. The van der Waals surface area contributed by atoms with Gasteiger partial charge in [-0.2, -0.15) is 0 Å². The fraction of sp³-hybridized carbons (Fsp3) is 1.00. The van der Waals surface area contributed by atoms with E-state index in [4.69, 9.17) is 31.4 Å². The molecule has 0 aromatic rings. The minimum absolute atomic E-state index is 0.384. The van der Waals surface area contributed by atoms with Crippen molar-refractivity contribution in [2.24, 2.45) is 0 Å². The molecular weight excluding hydrogens is 222 g/mol. The van der Waals surface area contributed by atoms with Crippen LogP contribution in [-0.4, -0.2) is 39.2 Å². The Morgan fingerprint density at radius 3 is 1.05 bits per heavy atom. The number of hydrogen-bond acceptors (Lipinski definition) is 0. The van der Waals surface area contributed by atoms with E-state index in [1.165, 1.54) is 19.7 Å². The van der Waals surface area contributed by atoms with Crippen LogP contribution >= 0.6 is 0 Å². The van der Waals surface area contributed by atoms with Gasteiger partial charge in [-0.3, -0.25) is 0 Å². The molecule has 0 bridgehead atoms. The van der Waals surface area contributed by atoms with Crippen LogP contribution in [0.1, 0.15) is 60.3 Å². The van der Waals surface area contributed by atoms with E-state index in [0.29, 0.717) is 5.82 Å². The summed E-state index contributed by atoms with van der Waals surface area (Å²) in [5, 5.41) is 0. The van der Waals surface area contributed by atoms with Crippen molar-refractivity contribution < 1.29 is 0 Å². The Hall–Kier alpha value is 0.325. The molecule has 0 aliphatic rings. The highest BCUT2D eigenvalue weighted by atomic mass is 13.8. The molecule has 0 spiro atoms. The van der Waals surface area contributed by atoms with Crippen LogP contribution in [0.4, 0.5) is 0 Å². The van der Waals surface area contributed by atoms with Gasteiger partial charge in [0.2, 0.25) is 0 Å². The SMILES string of the molecule is [B]C.[B]C(C)CC.[B]CC.[B]CCC.[B]CCCC. The molecule has 1 unspecified atom stereocenters. The van der Waals surface area contributed by atoms with Crippen molar-refractivity contribution in [3.63, 3.8) is 0 Å². The van der Waals surface area contributed by atoms with Gasteiger partial charge in [-0.15, -0.1) is 0 Å². The van der Waals surface area contributed by atoms with Crippen LogP contribution in [0.3, 0.4) is 0 Å². The predicted octanol–water partition coefficient (Wildman–Crippen LogP) is 4.53. The molecule has 0 amide bonds. The molecule has 0 heterocycles. The molecule has 0 N–H and O–H groups in total. The van der Waals surface area contributed by atoms with Crippen LogP contribution < -0.4 is 0 Å². The zero-order chi connectivity index (χ0) is 16.5. The maximum absolute atomic E-state index is 5.29. The van der Waals surface area contributed by atoms with Gasteiger partial charge in [0.05, 0.1) is 39.2 Å². The summed E-state index contributed by atoms with van der Waals surface area (Å²) >= 11 is 0. The van der Waals surface area contributed by atoms with E-state index in [9.17, 15) is 0 Å². The van der Waals surface area contributed by atoms with Gasteiger partial charge in [-0.1, -0.05) is 91.9 Å². The first-order valence-corrected chi connectivity index (χ1v) is 7.45. The highest BCUT2D eigenvalue weighted by Gasteiger charge is 1.80. The fourth-order valence-electron chi connectivity index (χ4n) is 0.204. The second kappa shape index (κ2) is 51.6. The van der Waals surface area contributed by atoms with Crippen LogP contribution in [0.25, 0.3) is 0 Å². The van der Waals surface area contributed by atoms with Gasteiger partial charge in [-0.25, -0.2) is 0 Å². The van der Waals surface area contributed by atoms with Crippen LogP contribution in [0.15, 0.2) is 0 Å². The van der Waals surface area contributed by atoms with E-state index in [1.54, 1.807) is 0 Å². The lowest BCUT2D eigenvalue weighted by Crippen LogP contribution is -1.76. The van der Waals surface area contributed by atoms with Gasteiger partial charge in [0.25, 0.3) is 0 Å². The zero-order valence-electron chi connectivity index (χ0n) is 14.4. The van der Waals surface area contributed by atoms with Crippen molar-refractivity contribution >= 4 is 39.2 Å². The van der Waals surface area contributed by atoms with Crippen molar-refractivity contribution in [3.05, 3.63) is 0 Å². The molecule has 1 atom stereocenters. The molecule has 0 aliphatic heterocycles. The number of rotatable bonds is 4. The average molecular weight is 255 g/mol. The van der Waals surface area contributed by atoms with Crippen molar-refractivity contribution in [2.45, 2.75) is 91.9 Å². The first-order chi connectivity index (χ1) is 9.01. The normalized spacial score (nSPS) is 8.74. The smallest absolute Gasteiger partial charge is 0.0695 e. The third kappa shape index (κ3) is 172. The molecule has 10 radical (unpaired) electrons. The van der Waals surface area contributed by atoms with E-state index in [2.05, 4.69) is 28.6 Å². The molecule has 0 aliphatic carbocycles. The van der Waals surface area contributed by atoms with E-state index < -0.39 is 0 Å². The van der Waals surface area contributed by atoms with E-state index >= 15 is 0 Å². The first kappa shape index (κ1) is 31.6. The van der Waals surface area contributed by atoms with Crippen molar-refractivity contribution in [1.29, 1.82) is 0 Å². The monoisotopic (exact) mass is 256 g/mol. The summed E-state index contributed by atoms with van der Waals surface area (Å²) < 4.78 is 0. The van der Waals surface area contributed by atoms with Crippen LogP contribution in [0.2, 0.25) is 31.6 Å². The topological polar surface area (TPSA) is 0 Å². The molecule has 0 rings (SSSR count). The highest BCUT2D eigenvalue weighted by molar-refractivity contribution is 6.11. The Morgan fingerprint density at radius 1 is 0.789 bits per heavy atom. The lowest BCUT2D eigenvalue weighted by atomic mass is 9.88. The first-order valence-electron chi connectivity index (χ1n) is 7.45. The van der Waals surface area contributed by atoms with Crippen molar-refractivity contribution in [1.82, 2.24) is 0 Å². The minimum Gasteiger partial charge on any atom is -0.0999 e. The van der Waals surface area contributed by atoms with E-state index in [-0.39, 0.29) is 0 Å². The summed E-state index contributed by atoms with van der Waals surface area (Å²) in [7, 11) is 24.8. The Morgan fingerprint density at radius 2 is 1.05 bits per heavy atom. The Balaban J connectivity index is -0.0000000446. The van der Waals surface area contributed by atoms with Gasteiger partial charge in [-0.05, 0) is 0 Å².